The van der Waals surface area contributed by atoms with E-state index >= 15 is 0 Å². The molecule has 0 spiro atoms. The summed E-state index contributed by atoms with van der Waals surface area (Å²) in [5.41, 5.74) is 1.01. The molecule has 2 amide bonds. The number of nitrogens with zero attached hydrogens (tertiary/aromatic N) is 2. The van der Waals surface area contributed by atoms with Gasteiger partial charge in [-0.15, -0.1) is 0 Å². The van der Waals surface area contributed by atoms with E-state index in [1.807, 2.05) is 0 Å². The number of hydrogen-bond donors (Lipinski definition) is 1. The summed E-state index contributed by atoms with van der Waals surface area (Å²) in [6.45, 7) is 0.424. The average Bonchev–Trinajstić information content (AvgIpc) is 3.02. The van der Waals surface area contributed by atoms with Crippen molar-refractivity contribution in [2.45, 2.75) is 12.8 Å². The highest BCUT2D eigenvalue weighted by Gasteiger charge is 2.34. The molecule has 2 heterocycles. The number of aryl methyl sites for hydroxylation is 1. The molecule has 0 atom stereocenters. The Morgan fingerprint density at radius 2 is 1.79 bits per heavy atom. The number of benzene rings is 1. The fraction of sp³-hybridized carbons (Fsp3) is 0.214. The third-order valence-corrected chi connectivity index (χ3v) is 3.23. The third kappa shape index (κ3) is 2.03. The molecule has 1 aliphatic heterocycles. The second kappa shape index (κ2) is 4.68. The predicted octanol–water partition coefficient (Wildman–Crippen LogP) is 1.64. The van der Waals surface area contributed by atoms with Gasteiger partial charge in [-0.3, -0.25) is 14.5 Å². The maximum atomic E-state index is 12.1. The summed E-state index contributed by atoms with van der Waals surface area (Å²) in [5.74, 6) is 0.483. The first kappa shape index (κ1) is 11.6. The van der Waals surface area contributed by atoms with Crippen LogP contribution in [0.2, 0.25) is 0 Å². The van der Waals surface area contributed by atoms with Crippen molar-refractivity contribution in [1.82, 2.24) is 14.9 Å². The van der Waals surface area contributed by atoms with Gasteiger partial charge in [0, 0.05) is 25.4 Å². The molecule has 0 bridgehead atoms. The molecule has 96 valence electrons. The molecule has 0 aliphatic carbocycles. The molecule has 1 aromatic heterocycles. The monoisotopic (exact) mass is 255 g/mol. The smallest absolute Gasteiger partial charge is 0.261 e. The van der Waals surface area contributed by atoms with Gasteiger partial charge in [-0.05, 0) is 18.6 Å². The van der Waals surface area contributed by atoms with Crippen LogP contribution >= 0.6 is 0 Å². The van der Waals surface area contributed by atoms with E-state index in [2.05, 4.69) is 9.97 Å². The van der Waals surface area contributed by atoms with Gasteiger partial charge in [0.15, 0.2) is 0 Å². The fourth-order valence-electron chi connectivity index (χ4n) is 2.28. The maximum Gasteiger partial charge on any atom is 0.261 e. The number of carbonyl (C=O) groups excluding carboxylic acids is 2. The summed E-state index contributed by atoms with van der Waals surface area (Å²) in [5, 5.41) is 0. The van der Waals surface area contributed by atoms with E-state index in [0.717, 1.165) is 12.2 Å². The SMILES string of the molecule is O=C1c2ccccc2C(=O)N1CCCc1ncc[nH]1. The number of aromatic amines is 1. The normalized spacial score (nSPS) is 14.0. The molecule has 5 heteroatoms. The summed E-state index contributed by atoms with van der Waals surface area (Å²) in [4.78, 5) is 32.6. The van der Waals surface area contributed by atoms with Crippen molar-refractivity contribution in [3.05, 3.63) is 53.6 Å². The lowest BCUT2D eigenvalue weighted by atomic mass is 10.1. The highest BCUT2D eigenvalue weighted by Crippen LogP contribution is 2.22. The number of H-pyrrole nitrogens is 1. The Labute approximate surface area is 110 Å². The molecule has 0 saturated heterocycles. The van der Waals surface area contributed by atoms with Crippen LogP contribution in [0.3, 0.4) is 0 Å². The number of hydrogen-bond acceptors (Lipinski definition) is 3. The molecule has 1 aliphatic rings. The van der Waals surface area contributed by atoms with Crippen LogP contribution in [0.4, 0.5) is 0 Å². The Morgan fingerprint density at radius 1 is 1.11 bits per heavy atom. The van der Waals surface area contributed by atoms with Crippen LogP contribution in [0.5, 0.6) is 0 Å². The summed E-state index contributed by atoms with van der Waals surface area (Å²) >= 11 is 0. The molecule has 2 aromatic rings. The number of imide groups is 1. The van der Waals surface area contributed by atoms with Gasteiger partial charge in [-0.1, -0.05) is 12.1 Å². The number of rotatable bonds is 4. The third-order valence-electron chi connectivity index (χ3n) is 3.23. The van der Waals surface area contributed by atoms with E-state index in [4.69, 9.17) is 0 Å². The number of amides is 2. The summed E-state index contributed by atoms with van der Waals surface area (Å²) < 4.78 is 0. The van der Waals surface area contributed by atoms with Gasteiger partial charge < -0.3 is 4.98 Å². The van der Waals surface area contributed by atoms with Gasteiger partial charge in [-0.2, -0.15) is 0 Å². The molecule has 19 heavy (non-hydrogen) atoms. The largest absolute Gasteiger partial charge is 0.349 e. The topological polar surface area (TPSA) is 66.1 Å². The summed E-state index contributed by atoms with van der Waals surface area (Å²) in [7, 11) is 0. The van der Waals surface area contributed by atoms with Crippen LogP contribution in [-0.4, -0.2) is 33.2 Å². The first-order valence-electron chi connectivity index (χ1n) is 6.21. The molecule has 3 rings (SSSR count). The molecular weight excluding hydrogens is 242 g/mol. The van der Waals surface area contributed by atoms with Gasteiger partial charge in [0.25, 0.3) is 11.8 Å². The quantitative estimate of drug-likeness (QED) is 0.844. The fourth-order valence-corrected chi connectivity index (χ4v) is 2.28. The van der Waals surface area contributed by atoms with Crippen molar-refractivity contribution in [1.29, 1.82) is 0 Å². The number of fused-ring (bicyclic) bond motifs is 1. The Bertz CT molecular complexity index is 584. The maximum absolute atomic E-state index is 12.1. The Balaban J connectivity index is 1.67. The van der Waals surface area contributed by atoms with E-state index in [0.29, 0.717) is 24.1 Å². The zero-order chi connectivity index (χ0) is 13.2. The molecule has 1 N–H and O–H groups in total. The summed E-state index contributed by atoms with van der Waals surface area (Å²) in [6, 6.07) is 6.94. The standard InChI is InChI=1S/C14H13N3O2/c18-13-10-4-1-2-5-11(10)14(19)17(13)9-3-6-12-15-7-8-16-12/h1-2,4-5,7-8H,3,6,9H2,(H,15,16). The zero-order valence-electron chi connectivity index (χ0n) is 10.3. The van der Waals surface area contributed by atoms with Crippen LogP contribution in [0.15, 0.2) is 36.7 Å². The van der Waals surface area contributed by atoms with Gasteiger partial charge >= 0.3 is 0 Å². The summed E-state index contributed by atoms with van der Waals surface area (Å²) in [6.07, 6.45) is 4.88. The lowest BCUT2D eigenvalue weighted by molar-refractivity contribution is 0.0652. The zero-order valence-corrected chi connectivity index (χ0v) is 10.3. The van der Waals surface area contributed by atoms with Gasteiger partial charge in [0.1, 0.15) is 5.82 Å². The second-order valence-electron chi connectivity index (χ2n) is 4.45. The van der Waals surface area contributed by atoms with Crippen molar-refractivity contribution in [2.75, 3.05) is 6.54 Å². The molecule has 5 nitrogen and oxygen atoms in total. The first-order valence-corrected chi connectivity index (χ1v) is 6.21. The van der Waals surface area contributed by atoms with Crippen molar-refractivity contribution in [2.24, 2.45) is 0 Å². The highest BCUT2D eigenvalue weighted by molar-refractivity contribution is 6.21. The first-order chi connectivity index (χ1) is 9.27. The van der Waals surface area contributed by atoms with Crippen molar-refractivity contribution in [3.8, 4) is 0 Å². The molecule has 0 saturated carbocycles. The van der Waals surface area contributed by atoms with Gasteiger partial charge in [0.05, 0.1) is 11.1 Å². The number of carbonyl (C=O) groups is 2. The van der Waals surface area contributed by atoms with Crippen LogP contribution < -0.4 is 0 Å². The number of nitrogens with one attached hydrogen (secondary N) is 1. The molecule has 1 aromatic carbocycles. The predicted molar refractivity (Wildman–Crippen MR) is 68.7 cm³/mol. The Morgan fingerprint density at radius 3 is 2.37 bits per heavy atom. The van der Waals surface area contributed by atoms with Gasteiger partial charge in [0.2, 0.25) is 0 Å². The van der Waals surface area contributed by atoms with E-state index in [9.17, 15) is 9.59 Å². The van der Waals surface area contributed by atoms with Crippen LogP contribution in [0.25, 0.3) is 0 Å². The second-order valence-corrected chi connectivity index (χ2v) is 4.45. The van der Waals surface area contributed by atoms with Crippen molar-refractivity contribution < 1.29 is 9.59 Å². The average molecular weight is 255 g/mol. The van der Waals surface area contributed by atoms with Crippen molar-refractivity contribution >= 4 is 11.8 Å². The van der Waals surface area contributed by atoms with E-state index < -0.39 is 0 Å². The highest BCUT2D eigenvalue weighted by atomic mass is 16.2. The minimum Gasteiger partial charge on any atom is -0.349 e. The minimum atomic E-state index is -0.194. The molecule has 0 unspecified atom stereocenters. The van der Waals surface area contributed by atoms with Crippen LogP contribution in [0.1, 0.15) is 33.0 Å². The van der Waals surface area contributed by atoms with E-state index in [1.54, 1.807) is 36.7 Å². The van der Waals surface area contributed by atoms with Gasteiger partial charge in [-0.25, -0.2) is 4.98 Å². The Hall–Kier alpha value is -2.43. The lowest BCUT2D eigenvalue weighted by Gasteiger charge is -2.12. The van der Waals surface area contributed by atoms with Crippen LogP contribution in [-0.2, 0) is 6.42 Å². The molecule has 0 radical (unpaired) electrons. The molecular formula is C14H13N3O2. The minimum absolute atomic E-state index is 0.194. The lowest BCUT2D eigenvalue weighted by Crippen LogP contribution is -2.31. The number of aromatic nitrogens is 2. The van der Waals surface area contributed by atoms with Crippen molar-refractivity contribution in [3.63, 3.8) is 0 Å². The molecule has 0 fully saturated rings. The van der Waals surface area contributed by atoms with E-state index in [1.165, 1.54) is 4.90 Å². The van der Waals surface area contributed by atoms with E-state index in [-0.39, 0.29) is 11.8 Å². The number of imidazole rings is 1. The van der Waals surface area contributed by atoms with Crippen LogP contribution in [0, 0.1) is 0 Å². The Kier molecular flexibility index (Phi) is 2.87.